The van der Waals surface area contributed by atoms with Gasteiger partial charge in [0.2, 0.25) is 5.91 Å². The van der Waals surface area contributed by atoms with Crippen molar-refractivity contribution in [2.75, 3.05) is 13.2 Å². The molecular weight excluding hydrogens is 270 g/mol. The second kappa shape index (κ2) is 9.13. The molecule has 2 unspecified atom stereocenters. The molecule has 21 heavy (non-hydrogen) atoms. The van der Waals surface area contributed by atoms with E-state index in [1.54, 1.807) is 6.92 Å². The van der Waals surface area contributed by atoms with Crippen LogP contribution in [0.15, 0.2) is 30.3 Å². The zero-order valence-corrected chi connectivity index (χ0v) is 12.5. The maximum atomic E-state index is 11.9. The van der Waals surface area contributed by atoms with E-state index in [0.29, 0.717) is 6.61 Å². The molecule has 2 N–H and O–H groups in total. The van der Waals surface area contributed by atoms with Gasteiger partial charge in [-0.05, 0) is 18.9 Å². The summed E-state index contributed by atoms with van der Waals surface area (Å²) in [6.07, 6.45) is 1.91. The minimum Gasteiger partial charge on any atom is -0.481 e. The Bertz CT molecular complexity index is 447. The lowest BCUT2D eigenvalue weighted by Crippen LogP contribution is -2.37. The fraction of sp³-hybridized carbons (Fsp3) is 0.500. The summed E-state index contributed by atoms with van der Waals surface area (Å²) in [7, 11) is 0. The van der Waals surface area contributed by atoms with Crippen LogP contribution in [0, 0.1) is 5.92 Å². The summed E-state index contributed by atoms with van der Waals surface area (Å²) in [6, 6.07) is 8.54. The summed E-state index contributed by atoms with van der Waals surface area (Å²) < 4.78 is 5.25. The van der Waals surface area contributed by atoms with Crippen LogP contribution in [0.5, 0.6) is 0 Å². The molecule has 0 aromatic heterocycles. The highest BCUT2D eigenvalue weighted by atomic mass is 16.5. The van der Waals surface area contributed by atoms with Crippen molar-refractivity contribution in [3.63, 3.8) is 0 Å². The second-order valence-electron chi connectivity index (χ2n) is 4.99. The highest BCUT2D eigenvalue weighted by Crippen LogP contribution is 2.22. The third kappa shape index (κ3) is 5.95. The number of hydrogen-bond donors (Lipinski definition) is 2. The quantitative estimate of drug-likeness (QED) is 0.685. The zero-order valence-electron chi connectivity index (χ0n) is 12.5. The number of carbonyl (C=O) groups excluding carboxylic acids is 1. The first-order valence-corrected chi connectivity index (χ1v) is 7.21. The number of nitrogens with one attached hydrogen (secondary N) is 1. The first-order valence-electron chi connectivity index (χ1n) is 7.21. The minimum absolute atomic E-state index is 0.0460. The van der Waals surface area contributed by atoms with E-state index in [9.17, 15) is 14.7 Å². The van der Waals surface area contributed by atoms with Crippen molar-refractivity contribution in [1.29, 1.82) is 0 Å². The minimum atomic E-state index is -0.948. The van der Waals surface area contributed by atoms with Crippen LogP contribution in [-0.4, -0.2) is 30.2 Å². The van der Waals surface area contributed by atoms with Crippen LogP contribution >= 0.6 is 0 Å². The van der Waals surface area contributed by atoms with Crippen molar-refractivity contribution >= 4 is 11.9 Å². The van der Waals surface area contributed by atoms with Gasteiger partial charge in [0, 0.05) is 6.61 Å². The highest BCUT2D eigenvalue weighted by Gasteiger charge is 2.26. The molecule has 1 aromatic carbocycles. The van der Waals surface area contributed by atoms with E-state index in [4.69, 9.17) is 4.74 Å². The van der Waals surface area contributed by atoms with Gasteiger partial charge in [0.05, 0.1) is 12.0 Å². The molecule has 0 spiro atoms. The second-order valence-corrected chi connectivity index (χ2v) is 4.99. The fourth-order valence-corrected chi connectivity index (χ4v) is 1.93. The maximum absolute atomic E-state index is 11.9. The van der Waals surface area contributed by atoms with Crippen molar-refractivity contribution in [3.05, 3.63) is 35.9 Å². The van der Waals surface area contributed by atoms with Gasteiger partial charge in [0.25, 0.3) is 0 Å². The van der Waals surface area contributed by atoms with Gasteiger partial charge in [-0.1, -0.05) is 43.7 Å². The molecule has 1 rings (SSSR count). The van der Waals surface area contributed by atoms with E-state index in [2.05, 4.69) is 5.32 Å². The van der Waals surface area contributed by atoms with Gasteiger partial charge in [-0.15, -0.1) is 0 Å². The summed E-state index contributed by atoms with van der Waals surface area (Å²) in [5, 5.41) is 11.9. The van der Waals surface area contributed by atoms with Gasteiger partial charge < -0.3 is 15.2 Å². The zero-order chi connectivity index (χ0) is 15.7. The van der Waals surface area contributed by atoms with Crippen LogP contribution in [0.4, 0.5) is 0 Å². The predicted octanol–water partition coefficient (Wildman–Crippen LogP) is 2.38. The molecule has 0 heterocycles. The van der Waals surface area contributed by atoms with E-state index in [1.165, 1.54) is 0 Å². The number of unbranched alkanes of at least 4 members (excludes halogenated alkanes) is 1. The third-order valence-corrected chi connectivity index (χ3v) is 3.24. The number of amides is 1. The predicted molar refractivity (Wildman–Crippen MR) is 79.9 cm³/mol. The molecular formula is C16H23NO4. The summed E-state index contributed by atoms with van der Waals surface area (Å²) in [5.74, 6) is -1.96. The molecule has 1 aromatic rings. The van der Waals surface area contributed by atoms with Gasteiger partial charge in [0.1, 0.15) is 6.61 Å². The molecule has 1 amide bonds. The molecule has 5 nitrogen and oxygen atoms in total. The van der Waals surface area contributed by atoms with E-state index >= 15 is 0 Å². The standard InChI is InChI=1S/C16H23NO4/c1-3-4-10-21-11-14(18)17-15(12(2)16(19)20)13-8-6-5-7-9-13/h5-9,12,15H,3-4,10-11H2,1-2H3,(H,17,18)(H,19,20). The summed E-state index contributed by atoms with van der Waals surface area (Å²) >= 11 is 0. The Morgan fingerprint density at radius 3 is 2.52 bits per heavy atom. The molecule has 116 valence electrons. The van der Waals surface area contributed by atoms with Crippen molar-refractivity contribution in [1.82, 2.24) is 5.32 Å². The number of carboxylic acid groups (broad SMARTS) is 1. The van der Waals surface area contributed by atoms with Crippen LogP contribution in [0.3, 0.4) is 0 Å². The summed E-state index contributed by atoms with van der Waals surface area (Å²) in [5.41, 5.74) is 0.773. The van der Waals surface area contributed by atoms with E-state index in [0.717, 1.165) is 18.4 Å². The number of benzene rings is 1. The lowest BCUT2D eigenvalue weighted by molar-refractivity contribution is -0.142. The van der Waals surface area contributed by atoms with Gasteiger partial charge in [-0.2, -0.15) is 0 Å². The monoisotopic (exact) mass is 293 g/mol. The van der Waals surface area contributed by atoms with E-state index in [-0.39, 0.29) is 12.5 Å². The van der Waals surface area contributed by atoms with Gasteiger partial charge >= 0.3 is 5.97 Å². The molecule has 0 aliphatic rings. The van der Waals surface area contributed by atoms with Crippen LogP contribution in [0.25, 0.3) is 0 Å². The highest BCUT2D eigenvalue weighted by molar-refractivity contribution is 5.79. The summed E-state index contributed by atoms with van der Waals surface area (Å²) in [4.78, 5) is 23.1. The first-order chi connectivity index (χ1) is 10.1. The molecule has 5 heteroatoms. The Kier molecular flexibility index (Phi) is 7.46. The van der Waals surface area contributed by atoms with E-state index < -0.39 is 17.9 Å². The lowest BCUT2D eigenvalue weighted by atomic mass is 9.94. The Balaban J connectivity index is 2.66. The van der Waals surface area contributed by atoms with E-state index in [1.807, 2.05) is 37.3 Å². The van der Waals surface area contributed by atoms with Crippen LogP contribution in [0.1, 0.15) is 38.3 Å². The molecule has 0 saturated heterocycles. The molecule has 0 radical (unpaired) electrons. The molecule has 0 bridgehead atoms. The number of aliphatic carboxylic acids is 1. The average Bonchev–Trinajstić information content (AvgIpc) is 2.49. The molecule has 0 fully saturated rings. The summed E-state index contributed by atoms with van der Waals surface area (Å²) in [6.45, 7) is 4.12. The van der Waals surface area contributed by atoms with Crippen LogP contribution in [0.2, 0.25) is 0 Å². The van der Waals surface area contributed by atoms with Gasteiger partial charge in [-0.3, -0.25) is 9.59 Å². The van der Waals surface area contributed by atoms with Gasteiger partial charge in [0.15, 0.2) is 0 Å². The average molecular weight is 293 g/mol. The number of carboxylic acids is 1. The Morgan fingerprint density at radius 2 is 1.95 bits per heavy atom. The van der Waals surface area contributed by atoms with Crippen molar-refractivity contribution in [3.8, 4) is 0 Å². The Hall–Kier alpha value is -1.88. The van der Waals surface area contributed by atoms with Crippen molar-refractivity contribution in [2.45, 2.75) is 32.7 Å². The number of ether oxygens (including phenoxy) is 1. The number of rotatable bonds is 9. The van der Waals surface area contributed by atoms with Crippen LogP contribution < -0.4 is 5.32 Å². The lowest BCUT2D eigenvalue weighted by Gasteiger charge is -2.23. The number of hydrogen-bond acceptors (Lipinski definition) is 3. The smallest absolute Gasteiger partial charge is 0.308 e. The maximum Gasteiger partial charge on any atom is 0.308 e. The SMILES string of the molecule is CCCCOCC(=O)NC(c1ccccc1)C(C)C(=O)O. The first kappa shape index (κ1) is 17.2. The van der Waals surface area contributed by atoms with Gasteiger partial charge in [-0.25, -0.2) is 0 Å². The molecule has 2 atom stereocenters. The topological polar surface area (TPSA) is 75.6 Å². The number of carbonyl (C=O) groups is 2. The Morgan fingerprint density at radius 1 is 1.29 bits per heavy atom. The Labute approximate surface area is 125 Å². The van der Waals surface area contributed by atoms with Crippen molar-refractivity contribution in [2.24, 2.45) is 5.92 Å². The molecule has 0 saturated carbocycles. The van der Waals surface area contributed by atoms with Crippen molar-refractivity contribution < 1.29 is 19.4 Å². The molecule has 0 aliphatic heterocycles. The largest absolute Gasteiger partial charge is 0.481 e. The third-order valence-electron chi connectivity index (χ3n) is 3.24. The molecule has 0 aliphatic carbocycles. The normalized spacial score (nSPS) is 13.4. The fourth-order valence-electron chi connectivity index (χ4n) is 1.93. The van der Waals surface area contributed by atoms with Crippen LogP contribution in [-0.2, 0) is 14.3 Å².